The van der Waals surface area contributed by atoms with Gasteiger partial charge in [0.2, 0.25) is 0 Å². The maximum Gasteiger partial charge on any atom is 0.0314 e. The van der Waals surface area contributed by atoms with Crippen LogP contribution in [-0.4, -0.2) is 0 Å². The third kappa shape index (κ3) is 2.77. The van der Waals surface area contributed by atoms with Crippen molar-refractivity contribution in [3.8, 4) is 0 Å². The fourth-order valence-electron chi connectivity index (χ4n) is 1.35. The number of rotatable bonds is 2. The highest BCUT2D eigenvalue weighted by molar-refractivity contribution is 7.99. The summed E-state index contributed by atoms with van der Waals surface area (Å²) in [5.74, 6) is 0. The van der Waals surface area contributed by atoms with Crippen LogP contribution in [0.2, 0.25) is 0 Å². The molecule has 2 heteroatoms. The quantitative estimate of drug-likeness (QED) is 0.772. The lowest BCUT2D eigenvalue weighted by Gasteiger charge is -2.02. The lowest BCUT2D eigenvalue weighted by Crippen LogP contribution is -1.82. The second-order valence-corrected chi connectivity index (χ2v) is 4.63. The van der Waals surface area contributed by atoms with Gasteiger partial charge in [0.25, 0.3) is 0 Å². The van der Waals surface area contributed by atoms with Gasteiger partial charge in [0.05, 0.1) is 0 Å². The number of hydrogen-bond acceptors (Lipinski definition) is 2. The first-order chi connectivity index (χ1) is 7.24. The number of nitrogens with two attached hydrogens (primary N) is 1. The standard InChI is InChI=1S/C13H13NS/c1-10-3-2-4-13(9-10)15-12-7-5-11(14)6-8-12/h2-9H,14H2,1H3. The fourth-order valence-corrected chi connectivity index (χ4v) is 2.29. The van der Waals surface area contributed by atoms with Gasteiger partial charge in [-0.15, -0.1) is 0 Å². The van der Waals surface area contributed by atoms with Gasteiger partial charge < -0.3 is 5.73 Å². The van der Waals surface area contributed by atoms with Crippen molar-refractivity contribution >= 4 is 17.4 Å². The normalized spacial score (nSPS) is 10.2. The van der Waals surface area contributed by atoms with E-state index in [0.29, 0.717) is 0 Å². The Bertz CT molecular complexity index is 448. The molecule has 76 valence electrons. The minimum absolute atomic E-state index is 0.809. The molecule has 15 heavy (non-hydrogen) atoms. The largest absolute Gasteiger partial charge is 0.399 e. The summed E-state index contributed by atoms with van der Waals surface area (Å²) in [6.45, 7) is 2.10. The Morgan fingerprint density at radius 3 is 2.33 bits per heavy atom. The van der Waals surface area contributed by atoms with Crippen LogP contribution in [0.4, 0.5) is 5.69 Å². The van der Waals surface area contributed by atoms with E-state index in [9.17, 15) is 0 Å². The van der Waals surface area contributed by atoms with Crippen LogP contribution in [0.5, 0.6) is 0 Å². The van der Waals surface area contributed by atoms with Crippen molar-refractivity contribution < 1.29 is 0 Å². The number of hydrogen-bond donors (Lipinski definition) is 1. The minimum Gasteiger partial charge on any atom is -0.399 e. The molecule has 0 aliphatic heterocycles. The predicted octanol–water partition coefficient (Wildman–Crippen LogP) is 3.73. The molecule has 2 aromatic carbocycles. The van der Waals surface area contributed by atoms with Crippen molar-refractivity contribution in [3.63, 3.8) is 0 Å². The Balaban J connectivity index is 2.18. The van der Waals surface area contributed by atoms with Crippen molar-refractivity contribution in [2.24, 2.45) is 0 Å². The Hall–Kier alpha value is -1.41. The van der Waals surface area contributed by atoms with Gasteiger partial charge in [0.15, 0.2) is 0 Å². The smallest absolute Gasteiger partial charge is 0.0314 e. The Kier molecular flexibility index (Phi) is 2.97. The highest BCUT2D eigenvalue weighted by Gasteiger charge is 1.96. The number of aryl methyl sites for hydroxylation is 1. The molecule has 0 spiro atoms. The molecule has 0 bridgehead atoms. The van der Waals surface area contributed by atoms with Crippen LogP contribution in [-0.2, 0) is 0 Å². The summed E-state index contributed by atoms with van der Waals surface area (Å²) in [5, 5.41) is 0. The van der Waals surface area contributed by atoms with Crippen LogP contribution in [0, 0.1) is 6.92 Å². The summed E-state index contributed by atoms with van der Waals surface area (Å²) in [7, 11) is 0. The summed E-state index contributed by atoms with van der Waals surface area (Å²) >= 11 is 1.75. The molecule has 0 radical (unpaired) electrons. The molecule has 0 amide bonds. The van der Waals surface area contributed by atoms with Crippen LogP contribution in [0.25, 0.3) is 0 Å². The number of anilines is 1. The average Bonchev–Trinajstić information content (AvgIpc) is 2.22. The number of nitrogen functional groups attached to an aromatic ring is 1. The van der Waals surface area contributed by atoms with E-state index in [1.54, 1.807) is 11.8 Å². The molecule has 0 fully saturated rings. The van der Waals surface area contributed by atoms with E-state index in [1.165, 1.54) is 15.4 Å². The zero-order chi connectivity index (χ0) is 10.7. The third-order valence-electron chi connectivity index (χ3n) is 2.11. The zero-order valence-electron chi connectivity index (χ0n) is 8.60. The highest BCUT2D eigenvalue weighted by Crippen LogP contribution is 2.28. The van der Waals surface area contributed by atoms with E-state index >= 15 is 0 Å². The molecule has 0 unspecified atom stereocenters. The second-order valence-electron chi connectivity index (χ2n) is 3.49. The summed E-state index contributed by atoms with van der Waals surface area (Å²) < 4.78 is 0. The van der Waals surface area contributed by atoms with E-state index in [0.717, 1.165) is 5.69 Å². The minimum atomic E-state index is 0.809. The van der Waals surface area contributed by atoms with Gasteiger partial charge >= 0.3 is 0 Å². The fraction of sp³-hybridized carbons (Fsp3) is 0.0769. The van der Waals surface area contributed by atoms with Crippen LogP contribution in [0.15, 0.2) is 58.3 Å². The van der Waals surface area contributed by atoms with Gasteiger partial charge in [0.1, 0.15) is 0 Å². The van der Waals surface area contributed by atoms with E-state index in [1.807, 2.05) is 24.3 Å². The Morgan fingerprint density at radius 2 is 1.67 bits per heavy atom. The van der Waals surface area contributed by atoms with Gasteiger partial charge in [-0.3, -0.25) is 0 Å². The first-order valence-corrected chi connectivity index (χ1v) is 5.66. The van der Waals surface area contributed by atoms with Gasteiger partial charge in [-0.2, -0.15) is 0 Å². The van der Waals surface area contributed by atoms with Crippen molar-refractivity contribution in [1.29, 1.82) is 0 Å². The van der Waals surface area contributed by atoms with Crippen molar-refractivity contribution in [1.82, 2.24) is 0 Å². The third-order valence-corrected chi connectivity index (χ3v) is 3.10. The van der Waals surface area contributed by atoms with E-state index < -0.39 is 0 Å². The predicted molar refractivity (Wildman–Crippen MR) is 66.2 cm³/mol. The molecule has 0 aromatic heterocycles. The van der Waals surface area contributed by atoms with Gasteiger partial charge in [0, 0.05) is 15.5 Å². The molecule has 2 N–H and O–H groups in total. The first-order valence-electron chi connectivity index (χ1n) is 4.84. The molecule has 0 atom stereocenters. The topological polar surface area (TPSA) is 26.0 Å². The lowest BCUT2D eigenvalue weighted by molar-refractivity contribution is 1.35. The van der Waals surface area contributed by atoms with Gasteiger partial charge in [-0.05, 0) is 43.3 Å². The zero-order valence-corrected chi connectivity index (χ0v) is 9.42. The maximum absolute atomic E-state index is 5.63. The average molecular weight is 215 g/mol. The molecule has 2 rings (SSSR count). The molecule has 0 aliphatic rings. The van der Waals surface area contributed by atoms with E-state index in [4.69, 9.17) is 5.73 Å². The van der Waals surface area contributed by atoms with Crippen LogP contribution in [0.1, 0.15) is 5.56 Å². The van der Waals surface area contributed by atoms with Crippen molar-refractivity contribution in [3.05, 3.63) is 54.1 Å². The monoisotopic (exact) mass is 215 g/mol. The summed E-state index contributed by atoms with van der Waals surface area (Å²) in [6.07, 6.45) is 0. The number of benzene rings is 2. The van der Waals surface area contributed by atoms with Crippen LogP contribution in [0.3, 0.4) is 0 Å². The van der Waals surface area contributed by atoms with Gasteiger partial charge in [-0.1, -0.05) is 29.5 Å². The summed E-state index contributed by atoms with van der Waals surface area (Å²) in [5.41, 5.74) is 7.73. The first kappa shape index (κ1) is 10.1. The second kappa shape index (κ2) is 4.41. The Labute approximate surface area is 94.3 Å². The van der Waals surface area contributed by atoms with Crippen molar-refractivity contribution in [2.75, 3.05) is 5.73 Å². The summed E-state index contributed by atoms with van der Waals surface area (Å²) in [6, 6.07) is 16.4. The van der Waals surface area contributed by atoms with Gasteiger partial charge in [-0.25, -0.2) is 0 Å². The molecule has 2 aromatic rings. The molecule has 0 heterocycles. The maximum atomic E-state index is 5.63. The molecule has 0 aliphatic carbocycles. The molecular weight excluding hydrogens is 202 g/mol. The SMILES string of the molecule is Cc1cccc(Sc2ccc(N)cc2)c1. The van der Waals surface area contributed by atoms with Crippen LogP contribution < -0.4 is 5.73 Å². The summed E-state index contributed by atoms with van der Waals surface area (Å²) in [4.78, 5) is 2.48. The lowest BCUT2D eigenvalue weighted by atomic mass is 10.2. The van der Waals surface area contributed by atoms with E-state index in [-0.39, 0.29) is 0 Å². The Morgan fingerprint density at radius 1 is 0.933 bits per heavy atom. The molecule has 0 saturated carbocycles. The highest BCUT2D eigenvalue weighted by atomic mass is 32.2. The molecule has 0 saturated heterocycles. The molecule has 1 nitrogen and oxygen atoms in total. The van der Waals surface area contributed by atoms with Crippen LogP contribution >= 0.6 is 11.8 Å². The molecular formula is C13H13NS. The van der Waals surface area contributed by atoms with Crippen molar-refractivity contribution in [2.45, 2.75) is 16.7 Å². The van der Waals surface area contributed by atoms with E-state index in [2.05, 4.69) is 31.2 Å².